The minimum Gasteiger partial charge on any atom is -0.370 e. The van der Waals surface area contributed by atoms with E-state index in [1.54, 1.807) is 0 Å². The molecule has 4 nitrogen and oxygen atoms in total. The van der Waals surface area contributed by atoms with Gasteiger partial charge in [-0.25, -0.2) is 4.98 Å². The van der Waals surface area contributed by atoms with E-state index in [1.807, 2.05) is 0 Å². The van der Waals surface area contributed by atoms with E-state index in [0.29, 0.717) is 0 Å². The van der Waals surface area contributed by atoms with Crippen LogP contribution in [0.4, 0.5) is 11.8 Å². The van der Waals surface area contributed by atoms with E-state index in [0.717, 1.165) is 44.2 Å². The van der Waals surface area contributed by atoms with E-state index >= 15 is 0 Å². The fourth-order valence-corrected chi connectivity index (χ4v) is 2.37. The van der Waals surface area contributed by atoms with Crippen molar-refractivity contribution in [2.24, 2.45) is 0 Å². The van der Waals surface area contributed by atoms with Gasteiger partial charge in [0.15, 0.2) is 0 Å². The maximum absolute atomic E-state index is 4.72. The second-order valence-corrected chi connectivity index (χ2v) is 4.92. The molecule has 100 valence electrons. The molecule has 1 aliphatic rings. The predicted octanol–water partition coefficient (Wildman–Crippen LogP) is 2.77. The van der Waals surface area contributed by atoms with Crippen molar-refractivity contribution in [2.45, 2.75) is 46.5 Å². The van der Waals surface area contributed by atoms with Crippen molar-refractivity contribution in [3.8, 4) is 0 Å². The van der Waals surface area contributed by atoms with Gasteiger partial charge in [0.2, 0.25) is 5.95 Å². The summed E-state index contributed by atoms with van der Waals surface area (Å²) in [6, 6.07) is 0. The molecule has 1 aliphatic heterocycles. The monoisotopic (exact) mass is 248 g/mol. The van der Waals surface area contributed by atoms with Gasteiger partial charge in [-0.2, -0.15) is 4.98 Å². The second-order valence-electron chi connectivity index (χ2n) is 4.92. The second kappa shape index (κ2) is 6.03. The topological polar surface area (TPSA) is 41.1 Å². The lowest BCUT2D eigenvalue weighted by atomic mass is 10.2. The summed E-state index contributed by atoms with van der Waals surface area (Å²) < 4.78 is 0. The van der Waals surface area contributed by atoms with Crippen LogP contribution in [0.3, 0.4) is 0 Å². The Morgan fingerprint density at radius 2 is 1.89 bits per heavy atom. The van der Waals surface area contributed by atoms with Crippen LogP contribution in [0.15, 0.2) is 0 Å². The van der Waals surface area contributed by atoms with Crippen LogP contribution in [-0.2, 0) is 6.42 Å². The molecule has 2 rings (SSSR count). The molecule has 0 amide bonds. The summed E-state index contributed by atoms with van der Waals surface area (Å²) in [6.45, 7) is 9.61. The third-order valence-corrected chi connectivity index (χ3v) is 3.50. The van der Waals surface area contributed by atoms with Crippen molar-refractivity contribution in [2.75, 3.05) is 29.9 Å². The third kappa shape index (κ3) is 2.74. The average Bonchev–Trinajstić information content (AvgIpc) is 2.91. The number of nitrogens with one attached hydrogen (secondary N) is 1. The number of hydrogen-bond acceptors (Lipinski definition) is 4. The molecule has 0 bridgehead atoms. The van der Waals surface area contributed by atoms with E-state index in [4.69, 9.17) is 9.97 Å². The maximum Gasteiger partial charge on any atom is 0.227 e. The number of nitrogens with zero attached hydrogens (tertiary/aromatic N) is 3. The molecule has 0 spiro atoms. The molecular formula is C14H24N4. The Bertz CT molecular complexity index is 397. The van der Waals surface area contributed by atoms with Crippen molar-refractivity contribution in [3.05, 3.63) is 11.3 Å². The maximum atomic E-state index is 4.72. The van der Waals surface area contributed by atoms with Crippen LogP contribution in [-0.4, -0.2) is 29.6 Å². The van der Waals surface area contributed by atoms with Crippen LogP contribution >= 0.6 is 0 Å². The lowest BCUT2D eigenvalue weighted by Crippen LogP contribution is -2.22. The van der Waals surface area contributed by atoms with Gasteiger partial charge in [0.25, 0.3) is 0 Å². The van der Waals surface area contributed by atoms with Crippen molar-refractivity contribution in [1.82, 2.24) is 9.97 Å². The van der Waals surface area contributed by atoms with Crippen molar-refractivity contribution in [1.29, 1.82) is 0 Å². The van der Waals surface area contributed by atoms with Crippen LogP contribution in [0, 0.1) is 6.92 Å². The summed E-state index contributed by atoms with van der Waals surface area (Å²) in [4.78, 5) is 11.7. The Kier molecular flexibility index (Phi) is 4.39. The fourth-order valence-electron chi connectivity index (χ4n) is 2.37. The first kappa shape index (κ1) is 13.1. The SMILES string of the molecule is CCCNc1nc(N2CCCC2)nc(CC)c1C. The van der Waals surface area contributed by atoms with E-state index < -0.39 is 0 Å². The summed E-state index contributed by atoms with van der Waals surface area (Å²) >= 11 is 0. The summed E-state index contributed by atoms with van der Waals surface area (Å²) in [5.41, 5.74) is 2.37. The molecule has 1 aromatic heterocycles. The van der Waals surface area contributed by atoms with Gasteiger partial charge in [-0.3, -0.25) is 0 Å². The van der Waals surface area contributed by atoms with Crippen LogP contribution < -0.4 is 10.2 Å². The van der Waals surface area contributed by atoms with Gasteiger partial charge in [-0.05, 0) is 32.6 Å². The number of hydrogen-bond donors (Lipinski definition) is 1. The molecule has 0 radical (unpaired) electrons. The van der Waals surface area contributed by atoms with Crippen LogP contribution in [0.25, 0.3) is 0 Å². The fraction of sp³-hybridized carbons (Fsp3) is 0.714. The van der Waals surface area contributed by atoms with Crippen LogP contribution in [0.5, 0.6) is 0 Å². The van der Waals surface area contributed by atoms with Gasteiger partial charge in [0.1, 0.15) is 5.82 Å². The van der Waals surface area contributed by atoms with Gasteiger partial charge in [0, 0.05) is 25.2 Å². The smallest absolute Gasteiger partial charge is 0.227 e. The predicted molar refractivity (Wildman–Crippen MR) is 76.4 cm³/mol. The Labute approximate surface area is 110 Å². The van der Waals surface area contributed by atoms with Crippen LogP contribution in [0.1, 0.15) is 44.4 Å². The Hall–Kier alpha value is -1.32. The van der Waals surface area contributed by atoms with Gasteiger partial charge in [0.05, 0.1) is 5.69 Å². The molecule has 18 heavy (non-hydrogen) atoms. The molecule has 1 fully saturated rings. The summed E-state index contributed by atoms with van der Waals surface area (Å²) in [6.07, 6.45) is 4.60. The van der Waals surface area contributed by atoms with Crippen molar-refractivity contribution >= 4 is 11.8 Å². The van der Waals surface area contributed by atoms with E-state index in [9.17, 15) is 0 Å². The Morgan fingerprint density at radius 3 is 2.50 bits per heavy atom. The molecule has 0 atom stereocenters. The molecule has 0 unspecified atom stereocenters. The first-order chi connectivity index (χ1) is 8.76. The third-order valence-electron chi connectivity index (χ3n) is 3.50. The van der Waals surface area contributed by atoms with Gasteiger partial charge in [-0.1, -0.05) is 13.8 Å². The van der Waals surface area contributed by atoms with Crippen LogP contribution in [0.2, 0.25) is 0 Å². The first-order valence-electron chi connectivity index (χ1n) is 7.12. The van der Waals surface area contributed by atoms with E-state index in [-0.39, 0.29) is 0 Å². The molecular weight excluding hydrogens is 224 g/mol. The molecule has 0 saturated carbocycles. The number of anilines is 2. The minimum atomic E-state index is 0.911. The summed E-state index contributed by atoms with van der Waals surface area (Å²) in [5, 5.41) is 3.42. The largest absolute Gasteiger partial charge is 0.370 e. The van der Waals surface area contributed by atoms with E-state index in [1.165, 1.54) is 24.1 Å². The Balaban J connectivity index is 2.29. The average molecular weight is 248 g/mol. The normalized spacial score (nSPS) is 15.2. The number of aromatic nitrogens is 2. The molecule has 4 heteroatoms. The number of aryl methyl sites for hydroxylation is 1. The molecule has 0 aromatic carbocycles. The molecule has 1 aromatic rings. The minimum absolute atomic E-state index is 0.911. The highest BCUT2D eigenvalue weighted by Gasteiger charge is 2.17. The Morgan fingerprint density at radius 1 is 1.17 bits per heavy atom. The molecule has 0 aliphatic carbocycles. The highest BCUT2D eigenvalue weighted by Crippen LogP contribution is 2.22. The zero-order chi connectivity index (χ0) is 13.0. The molecule has 2 heterocycles. The molecule has 1 N–H and O–H groups in total. The van der Waals surface area contributed by atoms with Gasteiger partial charge < -0.3 is 10.2 Å². The van der Waals surface area contributed by atoms with Gasteiger partial charge in [-0.15, -0.1) is 0 Å². The summed E-state index contributed by atoms with van der Waals surface area (Å²) in [5.74, 6) is 1.93. The highest BCUT2D eigenvalue weighted by atomic mass is 15.3. The summed E-state index contributed by atoms with van der Waals surface area (Å²) in [7, 11) is 0. The van der Waals surface area contributed by atoms with Gasteiger partial charge >= 0.3 is 0 Å². The van der Waals surface area contributed by atoms with E-state index in [2.05, 4.69) is 31.0 Å². The lowest BCUT2D eigenvalue weighted by molar-refractivity contribution is 0.860. The standard InChI is InChI=1S/C14H24N4/c1-4-8-15-13-11(3)12(5-2)16-14(17-13)18-9-6-7-10-18/h4-10H2,1-3H3,(H,15,16,17). The first-order valence-corrected chi connectivity index (χ1v) is 7.12. The van der Waals surface area contributed by atoms with Crippen molar-refractivity contribution < 1.29 is 0 Å². The van der Waals surface area contributed by atoms with Crippen molar-refractivity contribution in [3.63, 3.8) is 0 Å². The zero-order valence-electron chi connectivity index (χ0n) is 11.8. The highest BCUT2D eigenvalue weighted by molar-refractivity contribution is 5.51. The lowest BCUT2D eigenvalue weighted by Gasteiger charge is -2.19. The molecule has 1 saturated heterocycles. The zero-order valence-corrected chi connectivity index (χ0v) is 11.8. The number of rotatable bonds is 5. The quantitative estimate of drug-likeness (QED) is 0.870.